The third kappa shape index (κ3) is 12.4. The van der Waals surface area contributed by atoms with Crippen molar-refractivity contribution < 1.29 is 9.47 Å². The summed E-state index contributed by atoms with van der Waals surface area (Å²) in [4.78, 5) is 0. The van der Waals surface area contributed by atoms with Crippen LogP contribution < -0.4 is 9.47 Å². The summed E-state index contributed by atoms with van der Waals surface area (Å²) in [6, 6.07) is 17.1. The molecule has 0 aliphatic carbocycles. The lowest BCUT2D eigenvalue weighted by atomic mass is 10.2. The largest absolute Gasteiger partial charge is 0.492 e. The molecule has 1 aliphatic heterocycles. The highest BCUT2D eigenvalue weighted by Crippen LogP contribution is 2.26. The summed E-state index contributed by atoms with van der Waals surface area (Å²) in [7, 11) is 0. The van der Waals surface area contributed by atoms with Gasteiger partial charge >= 0.3 is 0 Å². The van der Waals surface area contributed by atoms with Crippen molar-refractivity contribution in [3.8, 4) is 11.5 Å². The van der Waals surface area contributed by atoms with Gasteiger partial charge in [0.2, 0.25) is 0 Å². The first kappa shape index (κ1) is 28.7. The standard InChI is InChI=1S/C26H36O2S6/c1-3-7-25-23(5-1)21-33-19-17-32-18-20-34-22-24-6-2-4-8-26(24)28-10-12-30-14-16-31-15-13-29-11-9-27-25/h1-8H,9-22H2. The van der Waals surface area contributed by atoms with E-state index in [1.807, 2.05) is 47.0 Å². The van der Waals surface area contributed by atoms with Crippen molar-refractivity contribution in [3.63, 3.8) is 0 Å². The van der Waals surface area contributed by atoms with Gasteiger partial charge in [0.15, 0.2) is 0 Å². The predicted molar refractivity (Wildman–Crippen MR) is 165 cm³/mol. The first-order valence-electron chi connectivity index (χ1n) is 11.8. The molecule has 0 unspecified atom stereocenters. The van der Waals surface area contributed by atoms with E-state index in [1.54, 1.807) is 0 Å². The Bertz CT molecular complexity index is 728. The maximum absolute atomic E-state index is 6.11. The molecule has 34 heavy (non-hydrogen) atoms. The van der Waals surface area contributed by atoms with Crippen LogP contribution in [0.4, 0.5) is 0 Å². The summed E-state index contributed by atoms with van der Waals surface area (Å²) < 4.78 is 12.2. The lowest BCUT2D eigenvalue weighted by Gasteiger charge is -2.12. The van der Waals surface area contributed by atoms with Gasteiger partial charge in [0.25, 0.3) is 0 Å². The molecule has 3 rings (SSSR count). The molecule has 1 heterocycles. The van der Waals surface area contributed by atoms with E-state index >= 15 is 0 Å². The summed E-state index contributed by atoms with van der Waals surface area (Å²) >= 11 is 12.2. The van der Waals surface area contributed by atoms with Crippen molar-refractivity contribution in [2.24, 2.45) is 0 Å². The Labute approximate surface area is 232 Å². The highest BCUT2D eigenvalue weighted by molar-refractivity contribution is 8.04. The summed E-state index contributed by atoms with van der Waals surface area (Å²) in [5.41, 5.74) is 2.65. The molecule has 2 aromatic rings. The Morgan fingerprint density at radius 2 is 0.765 bits per heavy atom. The normalized spacial score (nSPS) is 19.1. The van der Waals surface area contributed by atoms with Gasteiger partial charge < -0.3 is 9.47 Å². The van der Waals surface area contributed by atoms with Crippen LogP contribution in [0.3, 0.4) is 0 Å². The van der Waals surface area contributed by atoms with E-state index in [-0.39, 0.29) is 0 Å². The Kier molecular flexibility index (Phi) is 16.3. The minimum absolute atomic E-state index is 0.795. The van der Waals surface area contributed by atoms with Gasteiger partial charge in [0.1, 0.15) is 11.5 Å². The molecule has 0 radical (unpaired) electrons. The molecule has 2 aromatic carbocycles. The SMILES string of the molecule is c1ccc2c(c1)CSCCSCCSCc1ccccc1OCCSCCSCCSCCO2. The van der Waals surface area contributed by atoms with E-state index in [1.165, 1.54) is 57.1 Å². The Hall–Kier alpha value is 0.140. The van der Waals surface area contributed by atoms with E-state index in [4.69, 9.17) is 9.47 Å². The second kappa shape index (κ2) is 19.3. The van der Waals surface area contributed by atoms with Gasteiger partial charge in [-0.1, -0.05) is 36.4 Å². The number of ether oxygens (including phenoxy) is 2. The van der Waals surface area contributed by atoms with Gasteiger partial charge in [-0.15, -0.1) is 0 Å². The lowest BCUT2D eigenvalue weighted by molar-refractivity contribution is 0.341. The molecule has 0 N–H and O–H groups in total. The second-order valence-corrected chi connectivity index (χ2v) is 14.6. The van der Waals surface area contributed by atoms with Gasteiger partial charge in [0, 0.05) is 80.2 Å². The van der Waals surface area contributed by atoms with Gasteiger partial charge in [0.05, 0.1) is 13.2 Å². The maximum atomic E-state index is 6.11. The number of hydrogen-bond acceptors (Lipinski definition) is 8. The zero-order chi connectivity index (χ0) is 23.5. The minimum atomic E-state index is 0.795. The van der Waals surface area contributed by atoms with Crippen molar-refractivity contribution in [2.75, 3.05) is 70.7 Å². The van der Waals surface area contributed by atoms with Crippen LogP contribution in [0.25, 0.3) is 0 Å². The molecule has 2 nitrogen and oxygen atoms in total. The monoisotopic (exact) mass is 572 g/mol. The van der Waals surface area contributed by atoms with Crippen molar-refractivity contribution >= 4 is 70.6 Å². The molecule has 0 saturated heterocycles. The second-order valence-electron chi connectivity index (χ2n) is 7.47. The van der Waals surface area contributed by atoms with Crippen LogP contribution in [0.15, 0.2) is 48.5 Å². The molecule has 8 heteroatoms. The maximum Gasteiger partial charge on any atom is 0.123 e. The van der Waals surface area contributed by atoms with E-state index in [2.05, 4.69) is 72.1 Å². The Balaban J connectivity index is 1.43. The van der Waals surface area contributed by atoms with Crippen molar-refractivity contribution in [1.82, 2.24) is 0 Å². The van der Waals surface area contributed by atoms with E-state index in [0.717, 1.165) is 47.7 Å². The number of thioether (sulfide) groups is 6. The van der Waals surface area contributed by atoms with E-state index in [0.29, 0.717) is 0 Å². The highest BCUT2D eigenvalue weighted by Gasteiger charge is 2.05. The number of benzene rings is 2. The first-order chi connectivity index (χ1) is 16.9. The molecule has 0 aromatic heterocycles. The van der Waals surface area contributed by atoms with Crippen molar-refractivity contribution in [2.45, 2.75) is 11.5 Å². The zero-order valence-corrected chi connectivity index (χ0v) is 24.7. The van der Waals surface area contributed by atoms with Crippen LogP contribution in [0.2, 0.25) is 0 Å². The van der Waals surface area contributed by atoms with E-state index < -0.39 is 0 Å². The van der Waals surface area contributed by atoms with Gasteiger partial charge in [-0.3, -0.25) is 0 Å². The third-order valence-electron chi connectivity index (χ3n) is 4.92. The molecule has 0 atom stereocenters. The van der Waals surface area contributed by atoms with Crippen LogP contribution in [-0.4, -0.2) is 70.7 Å². The molecular formula is C26H36O2S6. The smallest absolute Gasteiger partial charge is 0.123 e. The van der Waals surface area contributed by atoms with Crippen LogP contribution in [-0.2, 0) is 11.5 Å². The van der Waals surface area contributed by atoms with Gasteiger partial charge in [-0.05, 0) is 12.1 Å². The molecular weight excluding hydrogens is 537 g/mol. The topological polar surface area (TPSA) is 18.5 Å². The van der Waals surface area contributed by atoms with Gasteiger partial charge in [-0.2, -0.15) is 70.6 Å². The molecule has 188 valence electrons. The molecule has 0 fully saturated rings. The molecule has 0 bridgehead atoms. The van der Waals surface area contributed by atoms with E-state index in [9.17, 15) is 0 Å². The van der Waals surface area contributed by atoms with Crippen LogP contribution >= 0.6 is 70.6 Å². The zero-order valence-electron chi connectivity index (χ0n) is 19.8. The van der Waals surface area contributed by atoms with Crippen molar-refractivity contribution in [1.29, 1.82) is 0 Å². The highest BCUT2D eigenvalue weighted by atomic mass is 32.2. The fraction of sp³-hybridized carbons (Fsp3) is 0.538. The third-order valence-corrected chi connectivity index (χ3v) is 11.8. The molecule has 0 amide bonds. The number of fused-ring (bicyclic) bond motifs is 2. The summed E-state index contributed by atoms with van der Waals surface area (Å²) in [5, 5.41) is 0. The first-order valence-corrected chi connectivity index (χ1v) is 18.7. The summed E-state index contributed by atoms with van der Waals surface area (Å²) in [6.45, 7) is 1.59. The Morgan fingerprint density at radius 3 is 1.21 bits per heavy atom. The molecule has 1 aliphatic rings. The summed E-state index contributed by atoms with van der Waals surface area (Å²) in [5.74, 6) is 15.9. The van der Waals surface area contributed by atoms with Crippen LogP contribution in [0.1, 0.15) is 11.1 Å². The quantitative estimate of drug-likeness (QED) is 0.318. The van der Waals surface area contributed by atoms with Crippen LogP contribution in [0, 0.1) is 0 Å². The number of hydrogen-bond donors (Lipinski definition) is 0. The molecule has 0 saturated carbocycles. The predicted octanol–water partition coefficient (Wildman–Crippen LogP) is 7.56. The summed E-state index contributed by atoms with van der Waals surface area (Å²) in [6.07, 6.45) is 0. The number of para-hydroxylation sites is 2. The van der Waals surface area contributed by atoms with Crippen molar-refractivity contribution in [3.05, 3.63) is 59.7 Å². The Morgan fingerprint density at radius 1 is 0.412 bits per heavy atom. The average Bonchev–Trinajstić information content (AvgIpc) is 2.86. The fourth-order valence-electron chi connectivity index (χ4n) is 3.19. The van der Waals surface area contributed by atoms with Crippen LogP contribution in [0.5, 0.6) is 11.5 Å². The fourth-order valence-corrected chi connectivity index (χ4v) is 9.39. The minimum Gasteiger partial charge on any atom is -0.492 e. The van der Waals surface area contributed by atoms with Gasteiger partial charge in [-0.25, -0.2) is 0 Å². The average molecular weight is 573 g/mol. The number of rotatable bonds is 0. The lowest BCUT2D eigenvalue weighted by Crippen LogP contribution is -2.04. The molecule has 0 spiro atoms.